The second-order valence-electron chi connectivity index (χ2n) is 8.87. The lowest BCUT2D eigenvalue weighted by Crippen LogP contribution is -2.49. The molecule has 2 aliphatic rings. The molecule has 0 saturated carbocycles. The predicted octanol–water partition coefficient (Wildman–Crippen LogP) is 0.441. The molecule has 2 atom stereocenters. The molecule has 8 nitrogen and oxygen atoms in total. The van der Waals surface area contributed by atoms with Crippen LogP contribution in [0.25, 0.3) is 0 Å². The Balaban J connectivity index is 1.30. The highest BCUT2D eigenvalue weighted by molar-refractivity contribution is 5.31. The second kappa shape index (κ2) is 13.3. The molecule has 2 saturated heterocycles. The fraction of sp³-hybridized carbons (Fsp3) is 0.750. The van der Waals surface area contributed by atoms with Gasteiger partial charge in [0.05, 0.1) is 0 Å². The summed E-state index contributed by atoms with van der Waals surface area (Å²) < 4.78 is 11.5. The van der Waals surface area contributed by atoms with Gasteiger partial charge in [0.2, 0.25) is 0 Å². The van der Waals surface area contributed by atoms with E-state index in [-0.39, 0.29) is 13.2 Å². The largest absolute Gasteiger partial charge is 0.491 e. The Morgan fingerprint density at radius 3 is 1.25 bits per heavy atom. The lowest BCUT2D eigenvalue weighted by molar-refractivity contribution is 0.0461. The standard InChI is InChI=1S/C24H42N4O4/c1-3-25-9-13-27(14-10-25)17-21(29)19-31-23-5-7-24(8-6-23)32-20-22(30)18-28-15-11-26(4-2)12-16-28/h5-8,21-22,29-30H,3-4,9-20H2,1-2H3. The van der Waals surface area contributed by atoms with Gasteiger partial charge in [0.25, 0.3) is 0 Å². The summed E-state index contributed by atoms with van der Waals surface area (Å²) >= 11 is 0. The van der Waals surface area contributed by atoms with E-state index in [1.807, 2.05) is 24.3 Å². The third-order valence-corrected chi connectivity index (χ3v) is 6.47. The minimum absolute atomic E-state index is 0.276. The molecule has 3 rings (SSSR count). The molecule has 0 bridgehead atoms. The number of ether oxygens (including phenoxy) is 2. The van der Waals surface area contributed by atoms with Crippen molar-refractivity contribution in [1.29, 1.82) is 0 Å². The summed E-state index contributed by atoms with van der Waals surface area (Å²) in [5, 5.41) is 20.6. The third-order valence-electron chi connectivity index (χ3n) is 6.47. The summed E-state index contributed by atoms with van der Waals surface area (Å²) in [6, 6.07) is 7.38. The van der Waals surface area contributed by atoms with Gasteiger partial charge in [0, 0.05) is 65.4 Å². The Morgan fingerprint density at radius 1 is 0.625 bits per heavy atom. The molecular formula is C24H42N4O4. The monoisotopic (exact) mass is 450 g/mol. The molecule has 0 radical (unpaired) electrons. The smallest absolute Gasteiger partial charge is 0.119 e. The molecule has 0 amide bonds. The molecule has 2 fully saturated rings. The van der Waals surface area contributed by atoms with E-state index in [2.05, 4.69) is 33.4 Å². The summed E-state index contributed by atoms with van der Waals surface area (Å²) in [5.41, 5.74) is 0. The van der Waals surface area contributed by atoms with Crippen LogP contribution in [0.3, 0.4) is 0 Å². The van der Waals surface area contributed by atoms with Gasteiger partial charge in [-0.3, -0.25) is 9.80 Å². The topological polar surface area (TPSA) is 71.9 Å². The molecule has 2 aliphatic heterocycles. The van der Waals surface area contributed by atoms with Crippen LogP contribution in [0.1, 0.15) is 13.8 Å². The van der Waals surface area contributed by atoms with E-state index in [9.17, 15) is 10.2 Å². The van der Waals surface area contributed by atoms with Crippen molar-refractivity contribution in [3.05, 3.63) is 24.3 Å². The number of hydrogen-bond acceptors (Lipinski definition) is 8. The van der Waals surface area contributed by atoms with E-state index >= 15 is 0 Å². The number of piperazine rings is 2. The van der Waals surface area contributed by atoms with Gasteiger partial charge >= 0.3 is 0 Å². The molecular weight excluding hydrogens is 408 g/mol. The van der Waals surface area contributed by atoms with Gasteiger partial charge in [-0.25, -0.2) is 0 Å². The van der Waals surface area contributed by atoms with Crippen molar-refractivity contribution in [2.24, 2.45) is 0 Å². The molecule has 2 heterocycles. The van der Waals surface area contributed by atoms with E-state index in [0.717, 1.165) is 65.4 Å². The average Bonchev–Trinajstić information content (AvgIpc) is 2.83. The van der Waals surface area contributed by atoms with Crippen molar-refractivity contribution in [1.82, 2.24) is 19.6 Å². The highest BCUT2D eigenvalue weighted by Gasteiger charge is 2.19. The van der Waals surface area contributed by atoms with Crippen molar-refractivity contribution in [2.75, 3.05) is 91.8 Å². The molecule has 1 aromatic rings. The molecule has 182 valence electrons. The molecule has 2 N–H and O–H groups in total. The fourth-order valence-corrected chi connectivity index (χ4v) is 4.29. The maximum absolute atomic E-state index is 10.3. The number of aliphatic hydroxyl groups is 2. The molecule has 0 aromatic heterocycles. The highest BCUT2D eigenvalue weighted by Crippen LogP contribution is 2.18. The lowest BCUT2D eigenvalue weighted by atomic mass is 10.2. The van der Waals surface area contributed by atoms with Crippen LogP contribution in [0, 0.1) is 0 Å². The number of rotatable bonds is 12. The number of hydrogen-bond donors (Lipinski definition) is 2. The van der Waals surface area contributed by atoms with E-state index in [0.29, 0.717) is 24.6 Å². The molecule has 1 aromatic carbocycles. The summed E-state index contributed by atoms with van der Waals surface area (Å²) in [6.07, 6.45) is -1.01. The number of aliphatic hydroxyl groups excluding tert-OH is 2. The summed E-state index contributed by atoms with van der Waals surface area (Å²) in [6.45, 7) is 16.6. The average molecular weight is 451 g/mol. The van der Waals surface area contributed by atoms with Gasteiger partial charge in [-0.2, -0.15) is 0 Å². The van der Waals surface area contributed by atoms with Crippen molar-refractivity contribution >= 4 is 0 Å². The van der Waals surface area contributed by atoms with Gasteiger partial charge in [0.15, 0.2) is 0 Å². The molecule has 8 heteroatoms. The zero-order valence-electron chi connectivity index (χ0n) is 19.9. The summed E-state index contributed by atoms with van der Waals surface area (Å²) in [4.78, 5) is 9.45. The number of β-amino-alcohol motifs (C(OH)–C–C–N with tert-alkyl or cyclic N) is 2. The summed E-state index contributed by atoms with van der Waals surface area (Å²) in [7, 11) is 0. The predicted molar refractivity (Wildman–Crippen MR) is 127 cm³/mol. The van der Waals surface area contributed by atoms with Crippen molar-refractivity contribution < 1.29 is 19.7 Å². The van der Waals surface area contributed by atoms with E-state index in [1.165, 1.54) is 0 Å². The van der Waals surface area contributed by atoms with Crippen LogP contribution >= 0.6 is 0 Å². The van der Waals surface area contributed by atoms with Crippen molar-refractivity contribution in [3.63, 3.8) is 0 Å². The Kier molecular flexibility index (Phi) is 10.5. The van der Waals surface area contributed by atoms with Gasteiger partial charge < -0.3 is 29.5 Å². The minimum Gasteiger partial charge on any atom is -0.491 e. The minimum atomic E-state index is -0.506. The fourth-order valence-electron chi connectivity index (χ4n) is 4.29. The Bertz CT molecular complexity index is 576. The second-order valence-corrected chi connectivity index (χ2v) is 8.87. The SMILES string of the molecule is CCN1CCN(CC(O)COc2ccc(OCC(O)CN3CCN(CC)CC3)cc2)CC1. The van der Waals surface area contributed by atoms with Crippen LogP contribution in [0.5, 0.6) is 11.5 Å². The Morgan fingerprint density at radius 2 is 0.938 bits per heavy atom. The highest BCUT2D eigenvalue weighted by atomic mass is 16.5. The maximum Gasteiger partial charge on any atom is 0.119 e. The van der Waals surface area contributed by atoms with Crippen LogP contribution < -0.4 is 9.47 Å². The van der Waals surface area contributed by atoms with Crippen LogP contribution in [0.2, 0.25) is 0 Å². The van der Waals surface area contributed by atoms with E-state index in [4.69, 9.17) is 9.47 Å². The van der Waals surface area contributed by atoms with Crippen molar-refractivity contribution in [3.8, 4) is 11.5 Å². The first-order valence-corrected chi connectivity index (χ1v) is 12.2. The van der Waals surface area contributed by atoms with Crippen LogP contribution in [0.4, 0.5) is 0 Å². The maximum atomic E-state index is 10.3. The zero-order valence-corrected chi connectivity index (χ0v) is 19.9. The van der Waals surface area contributed by atoms with Gasteiger partial charge in [-0.1, -0.05) is 13.8 Å². The van der Waals surface area contributed by atoms with Crippen LogP contribution in [-0.4, -0.2) is 134 Å². The zero-order chi connectivity index (χ0) is 22.8. The number of likely N-dealkylation sites (N-methyl/N-ethyl adjacent to an activating group) is 2. The van der Waals surface area contributed by atoms with E-state index < -0.39 is 12.2 Å². The van der Waals surface area contributed by atoms with E-state index in [1.54, 1.807) is 0 Å². The molecule has 0 aliphatic carbocycles. The lowest BCUT2D eigenvalue weighted by Gasteiger charge is -2.34. The number of nitrogens with zero attached hydrogens (tertiary/aromatic N) is 4. The van der Waals surface area contributed by atoms with Crippen LogP contribution in [0.15, 0.2) is 24.3 Å². The Labute approximate surface area is 193 Å². The summed E-state index contributed by atoms with van der Waals surface area (Å²) in [5.74, 6) is 1.42. The van der Waals surface area contributed by atoms with Crippen LogP contribution in [-0.2, 0) is 0 Å². The first kappa shape index (κ1) is 25.2. The van der Waals surface area contributed by atoms with Crippen molar-refractivity contribution in [2.45, 2.75) is 26.1 Å². The van der Waals surface area contributed by atoms with Gasteiger partial charge in [0.1, 0.15) is 36.9 Å². The number of benzene rings is 1. The first-order chi connectivity index (χ1) is 15.6. The molecule has 32 heavy (non-hydrogen) atoms. The first-order valence-electron chi connectivity index (χ1n) is 12.2. The van der Waals surface area contributed by atoms with Gasteiger partial charge in [-0.15, -0.1) is 0 Å². The van der Waals surface area contributed by atoms with Gasteiger partial charge in [-0.05, 0) is 37.4 Å². The molecule has 2 unspecified atom stereocenters. The quantitative estimate of drug-likeness (QED) is 0.476. The molecule has 0 spiro atoms. The Hall–Kier alpha value is -1.42. The third kappa shape index (κ3) is 8.50. The normalized spacial score (nSPS) is 21.4.